The maximum Gasteiger partial charge on any atom is 0.255 e. The number of anilines is 1. The summed E-state index contributed by atoms with van der Waals surface area (Å²) in [6.07, 6.45) is 1.75. The summed E-state index contributed by atoms with van der Waals surface area (Å²) in [5.74, 6) is -0.325. The average Bonchev–Trinajstić information content (AvgIpc) is 3.47. The average molecular weight is 426 g/mol. The minimum Gasteiger partial charge on any atom is -0.357 e. The van der Waals surface area contributed by atoms with Crippen molar-refractivity contribution in [3.05, 3.63) is 46.0 Å². The Morgan fingerprint density at radius 1 is 1.23 bits per heavy atom. The lowest BCUT2D eigenvalue weighted by molar-refractivity contribution is -0.136. The third-order valence-corrected chi connectivity index (χ3v) is 6.93. The minimum atomic E-state index is -0.593. The van der Waals surface area contributed by atoms with E-state index in [0.29, 0.717) is 31.0 Å². The van der Waals surface area contributed by atoms with Crippen LogP contribution in [0.3, 0.4) is 0 Å². The van der Waals surface area contributed by atoms with E-state index in [4.69, 9.17) is 4.98 Å². The van der Waals surface area contributed by atoms with E-state index in [1.165, 1.54) is 0 Å². The van der Waals surface area contributed by atoms with Crippen LogP contribution in [-0.2, 0) is 22.7 Å². The van der Waals surface area contributed by atoms with E-state index in [0.717, 1.165) is 41.5 Å². The van der Waals surface area contributed by atoms with Gasteiger partial charge in [-0.1, -0.05) is 12.1 Å². The van der Waals surface area contributed by atoms with Crippen LogP contribution < -0.4 is 16.0 Å². The molecule has 0 aliphatic carbocycles. The lowest BCUT2D eigenvalue weighted by Crippen LogP contribution is -2.52. The smallest absolute Gasteiger partial charge is 0.255 e. The second kappa shape index (κ2) is 7.81. The maximum absolute atomic E-state index is 12.9. The molecule has 3 aliphatic rings. The number of nitrogens with zero attached hydrogens (tertiary/aromatic N) is 2. The largest absolute Gasteiger partial charge is 0.357 e. The monoisotopic (exact) mass is 425 g/mol. The maximum atomic E-state index is 12.9. The SMILES string of the molecule is O=C1CCC(N2Cc3c(CNc4nc([C@H]5CCNC5)cs4)cccc3C2=O)C(=O)N1. The predicted molar refractivity (Wildman–Crippen MR) is 112 cm³/mol. The fourth-order valence-electron chi connectivity index (χ4n) is 4.45. The van der Waals surface area contributed by atoms with Gasteiger partial charge in [0.15, 0.2) is 5.13 Å². The van der Waals surface area contributed by atoms with Gasteiger partial charge in [-0.05, 0) is 36.6 Å². The zero-order valence-corrected chi connectivity index (χ0v) is 17.3. The zero-order valence-electron chi connectivity index (χ0n) is 16.4. The number of hydrogen-bond donors (Lipinski definition) is 3. The molecule has 0 radical (unpaired) electrons. The van der Waals surface area contributed by atoms with Crippen LogP contribution in [0.25, 0.3) is 0 Å². The molecule has 3 amide bonds. The number of amides is 3. The Morgan fingerprint density at radius 3 is 2.93 bits per heavy atom. The zero-order chi connectivity index (χ0) is 20.7. The number of fused-ring (bicyclic) bond motifs is 1. The number of carbonyl (C=O) groups is 3. The van der Waals surface area contributed by atoms with Crippen molar-refractivity contribution in [3.63, 3.8) is 0 Å². The van der Waals surface area contributed by atoms with Crippen molar-refractivity contribution in [3.8, 4) is 0 Å². The minimum absolute atomic E-state index is 0.147. The van der Waals surface area contributed by atoms with Gasteiger partial charge >= 0.3 is 0 Å². The van der Waals surface area contributed by atoms with Crippen molar-refractivity contribution in [1.82, 2.24) is 20.5 Å². The van der Waals surface area contributed by atoms with Gasteiger partial charge in [0.05, 0.1) is 5.69 Å². The van der Waals surface area contributed by atoms with Gasteiger partial charge in [-0.15, -0.1) is 11.3 Å². The van der Waals surface area contributed by atoms with Crippen LogP contribution in [-0.4, -0.2) is 46.7 Å². The molecule has 1 aromatic carbocycles. The van der Waals surface area contributed by atoms with E-state index >= 15 is 0 Å². The number of thiazole rings is 1. The summed E-state index contributed by atoms with van der Waals surface area (Å²) in [4.78, 5) is 42.9. The van der Waals surface area contributed by atoms with Crippen LogP contribution in [0.1, 0.15) is 52.4 Å². The molecule has 3 aliphatic heterocycles. The second-order valence-electron chi connectivity index (χ2n) is 7.96. The molecule has 9 heteroatoms. The van der Waals surface area contributed by atoms with Gasteiger partial charge in [-0.3, -0.25) is 19.7 Å². The third-order valence-electron chi connectivity index (χ3n) is 6.11. The normalized spacial score (nSPS) is 23.6. The van der Waals surface area contributed by atoms with Crippen molar-refractivity contribution in [2.75, 3.05) is 18.4 Å². The number of imide groups is 1. The molecule has 4 heterocycles. The highest BCUT2D eigenvalue weighted by Crippen LogP contribution is 2.31. The van der Waals surface area contributed by atoms with Crippen molar-refractivity contribution in [1.29, 1.82) is 0 Å². The van der Waals surface area contributed by atoms with E-state index in [1.807, 2.05) is 18.2 Å². The van der Waals surface area contributed by atoms with Crippen molar-refractivity contribution in [2.24, 2.45) is 0 Å². The van der Waals surface area contributed by atoms with Crippen LogP contribution >= 0.6 is 11.3 Å². The Hall–Kier alpha value is -2.78. The summed E-state index contributed by atoms with van der Waals surface area (Å²) >= 11 is 1.60. The number of carbonyl (C=O) groups excluding carboxylic acids is 3. The number of nitrogens with one attached hydrogen (secondary N) is 3. The van der Waals surface area contributed by atoms with Gasteiger partial charge in [0.2, 0.25) is 11.8 Å². The van der Waals surface area contributed by atoms with Crippen LogP contribution in [0.4, 0.5) is 5.13 Å². The number of piperidine rings is 1. The van der Waals surface area contributed by atoms with Gasteiger partial charge in [0, 0.05) is 42.9 Å². The quantitative estimate of drug-likeness (QED) is 0.629. The van der Waals surface area contributed by atoms with Crippen molar-refractivity contribution >= 4 is 34.2 Å². The molecule has 8 nitrogen and oxygen atoms in total. The molecule has 5 rings (SSSR count). The first-order chi connectivity index (χ1) is 14.6. The molecule has 0 bridgehead atoms. The van der Waals surface area contributed by atoms with Gasteiger partial charge in [-0.25, -0.2) is 4.98 Å². The molecule has 1 unspecified atom stereocenters. The molecule has 0 spiro atoms. The van der Waals surface area contributed by atoms with Gasteiger partial charge in [0.25, 0.3) is 5.91 Å². The van der Waals surface area contributed by atoms with Gasteiger partial charge < -0.3 is 15.5 Å². The predicted octanol–water partition coefficient (Wildman–Crippen LogP) is 1.59. The van der Waals surface area contributed by atoms with E-state index in [9.17, 15) is 14.4 Å². The first-order valence-electron chi connectivity index (χ1n) is 10.3. The van der Waals surface area contributed by atoms with E-state index in [1.54, 1.807) is 16.2 Å². The third kappa shape index (κ3) is 3.48. The summed E-state index contributed by atoms with van der Waals surface area (Å²) in [7, 11) is 0. The molecule has 3 N–H and O–H groups in total. The van der Waals surface area contributed by atoms with Crippen LogP contribution in [0.5, 0.6) is 0 Å². The number of aromatic nitrogens is 1. The summed E-state index contributed by atoms with van der Waals surface area (Å²) in [5, 5.41) is 12.1. The highest BCUT2D eigenvalue weighted by Gasteiger charge is 2.39. The first-order valence-corrected chi connectivity index (χ1v) is 11.1. The van der Waals surface area contributed by atoms with Crippen molar-refractivity contribution < 1.29 is 14.4 Å². The molecule has 2 fully saturated rings. The van der Waals surface area contributed by atoms with E-state index < -0.39 is 6.04 Å². The molecular weight excluding hydrogens is 402 g/mol. The van der Waals surface area contributed by atoms with Crippen molar-refractivity contribution in [2.45, 2.75) is 44.3 Å². The number of benzene rings is 1. The van der Waals surface area contributed by atoms with Gasteiger partial charge in [0.1, 0.15) is 6.04 Å². The summed E-state index contributed by atoms with van der Waals surface area (Å²) in [6.45, 7) is 2.97. The van der Waals surface area contributed by atoms with E-state index in [2.05, 4.69) is 21.3 Å². The van der Waals surface area contributed by atoms with Crippen LogP contribution in [0.15, 0.2) is 23.6 Å². The van der Waals surface area contributed by atoms with Gasteiger partial charge in [-0.2, -0.15) is 0 Å². The summed E-state index contributed by atoms with van der Waals surface area (Å²) in [6, 6.07) is 5.09. The first kappa shape index (κ1) is 19.2. The fourth-order valence-corrected chi connectivity index (χ4v) is 5.24. The number of hydrogen-bond acceptors (Lipinski definition) is 7. The highest BCUT2D eigenvalue weighted by molar-refractivity contribution is 7.13. The highest BCUT2D eigenvalue weighted by atomic mass is 32.1. The lowest BCUT2D eigenvalue weighted by Gasteiger charge is -2.29. The Morgan fingerprint density at radius 2 is 2.13 bits per heavy atom. The molecule has 2 saturated heterocycles. The Balaban J connectivity index is 1.30. The standard InChI is InChI=1S/C21H23N5O3S/c27-18-5-4-17(19(28)25-18)26-10-15-12(2-1-3-14(15)20(26)29)9-23-21-24-16(11-30-21)13-6-7-22-8-13/h1-3,11,13,17,22H,4-10H2,(H,23,24)(H,25,27,28)/t13-,17?/m0/s1. The fraction of sp³-hybridized carbons (Fsp3) is 0.429. The number of rotatable bonds is 5. The molecule has 30 heavy (non-hydrogen) atoms. The molecule has 1 aromatic heterocycles. The van der Waals surface area contributed by atoms with Crippen LogP contribution in [0, 0.1) is 0 Å². The Bertz CT molecular complexity index is 1010. The molecule has 2 aromatic rings. The lowest BCUT2D eigenvalue weighted by atomic mass is 10.0. The second-order valence-corrected chi connectivity index (χ2v) is 8.82. The topological polar surface area (TPSA) is 103 Å². The molecule has 0 saturated carbocycles. The van der Waals surface area contributed by atoms with E-state index in [-0.39, 0.29) is 24.1 Å². The summed E-state index contributed by atoms with van der Waals surface area (Å²) in [5.41, 5.74) is 3.73. The molecular formula is C21H23N5O3S. The Labute approximate surface area is 178 Å². The van der Waals surface area contributed by atoms with Crippen LogP contribution in [0.2, 0.25) is 0 Å². The summed E-state index contributed by atoms with van der Waals surface area (Å²) < 4.78 is 0. The Kier molecular flexibility index (Phi) is 5.00. The molecule has 156 valence electrons. The molecule has 2 atom stereocenters.